The maximum absolute atomic E-state index is 14.2. The molecule has 1 aliphatic rings. The van der Waals surface area contributed by atoms with Gasteiger partial charge in [0.05, 0.1) is 31.6 Å². The Bertz CT molecular complexity index is 1190. The van der Waals surface area contributed by atoms with Crippen LogP contribution in [0.2, 0.25) is 0 Å². The number of carbonyl (C=O) groups excluding carboxylic acids is 1. The van der Waals surface area contributed by atoms with E-state index in [0.717, 1.165) is 16.7 Å². The van der Waals surface area contributed by atoms with Gasteiger partial charge in [-0.2, -0.15) is 0 Å². The maximum atomic E-state index is 14.2. The zero-order valence-corrected chi connectivity index (χ0v) is 20.2. The molecular formula is C27H29NO5S. The molecular weight excluding hydrogens is 450 g/mol. The Hall–Kier alpha value is -3.32. The molecule has 6 nitrogen and oxygen atoms in total. The molecule has 0 N–H and O–H groups in total. The molecule has 1 fully saturated rings. The second-order valence-electron chi connectivity index (χ2n) is 8.47. The van der Waals surface area contributed by atoms with E-state index in [1.807, 2.05) is 72.8 Å². The third-order valence-corrected chi connectivity index (χ3v) is 8.00. The van der Waals surface area contributed by atoms with Crippen LogP contribution >= 0.6 is 0 Å². The van der Waals surface area contributed by atoms with Gasteiger partial charge in [-0.25, -0.2) is 8.42 Å². The molecule has 4 rings (SSSR count). The Morgan fingerprint density at radius 2 is 1.50 bits per heavy atom. The second kappa shape index (κ2) is 10.3. The van der Waals surface area contributed by atoms with Crippen molar-refractivity contribution in [1.29, 1.82) is 0 Å². The third-order valence-electron chi connectivity index (χ3n) is 6.25. The van der Waals surface area contributed by atoms with Gasteiger partial charge in [-0.15, -0.1) is 0 Å². The molecule has 1 amide bonds. The zero-order chi connectivity index (χ0) is 24.1. The first-order valence-electron chi connectivity index (χ1n) is 11.2. The van der Waals surface area contributed by atoms with Gasteiger partial charge in [0.15, 0.2) is 21.3 Å². The van der Waals surface area contributed by atoms with Gasteiger partial charge in [-0.3, -0.25) is 4.79 Å². The van der Waals surface area contributed by atoms with E-state index in [1.54, 1.807) is 25.2 Å². The van der Waals surface area contributed by atoms with Crippen molar-refractivity contribution < 1.29 is 22.7 Å². The van der Waals surface area contributed by atoms with Crippen molar-refractivity contribution in [2.45, 2.75) is 24.9 Å². The summed E-state index contributed by atoms with van der Waals surface area (Å²) >= 11 is 0. The summed E-state index contributed by atoms with van der Waals surface area (Å²) < 4.78 is 35.5. The quantitative estimate of drug-likeness (QED) is 0.487. The van der Waals surface area contributed by atoms with Crippen LogP contribution in [0.5, 0.6) is 11.5 Å². The standard InChI is InChI=1S/C27H29NO5S/c1-32-24-14-13-20(17-25(24)33-2)18-28(23-15-16-34(30,31)19-23)27(29)26(21-9-5-3-6-10-21)22-11-7-4-8-12-22/h3-14,17,23,26H,15-16,18-19H2,1-2H3. The fraction of sp³-hybridized carbons (Fsp3) is 0.296. The van der Waals surface area contributed by atoms with Gasteiger partial charge in [0, 0.05) is 12.6 Å². The van der Waals surface area contributed by atoms with Gasteiger partial charge in [-0.05, 0) is 35.2 Å². The van der Waals surface area contributed by atoms with Crippen LogP contribution in [0.15, 0.2) is 78.9 Å². The molecule has 1 saturated heterocycles. The second-order valence-corrected chi connectivity index (χ2v) is 10.7. The first-order chi connectivity index (χ1) is 16.4. The van der Waals surface area contributed by atoms with Crippen molar-refractivity contribution in [3.8, 4) is 11.5 Å². The number of hydrogen-bond donors (Lipinski definition) is 0. The molecule has 7 heteroatoms. The van der Waals surface area contributed by atoms with Gasteiger partial charge in [0.2, 0.25) is 5.91 Å². The van der Waals surface area contributed by atoms with Gasteiger partial charge in [-0.1, -0.05) is 66.7 Å². The molecule has 3 aromatic carbocycles. The lowest BCUT2D eigenvalue weighted by Crippen LogP contribution is -2.43. The number of sulfone groups is 1. The number of amides is 1. The van der Waals surface area contributed by atoms with Crippen LogP contribution in [-0.4, -0.2) is 51.0 Å². The molecule has 178 valence electrons. The Morgan fingerprint density at radius 3 is 2.00 bits per heavy atom. The fourth-order valence-corrected chi connectivity index (χ4v) is 6.25. The molecule has 1 aliphatic heterocycles. The molecule has 0 aromatic heterocycles. The van der Waals surface area contributed by atoms with Gasteiger partial charge >= 0.3 is 0 Å². The highest BCUT2D eigenvalue weighted by Crippen LogP contribution is 2.33. The van der Waals surface area contributed by atoms with E-state index in [-0.39, 0.29) is 30.0 Å². The molecule has 1 unspecified atom stereocenters. The average Bonchev–Trinajstić information content (AvgIpc) is 3.23. The molecule has 1 atom stereocenters. The van der Waals surface area contributed by atoms with Crippen LogP contribution in [0.1, 0.15) is 29.0 Å². The summed E-state index contributed by atoms with van der Waals surface area (Å²) in [5.74, 6) is 0.574. The highest BCUT2D eigenvalue weighted by molar-refractivity contribution is 7.91. The minimum atomic E-state index is -3.18. The van der Waals surface area contributed by atoms with Crippen LogP contribution in [0.25, 0.3) is 0 Å². The smallest absolute Gasteiger partial charge is 0.235 e. The van der Waals surface area contributed by atoms with E-state index in [4.69, 9.17) is 9.47 Å². The third kappa shape index (κ3) is 5.25. The van der Waals surface area contributed by atoms with E-state index in [2.05, 4.69) is 0 Å². The van der Waals surface area contributed by atoms with Crippen LogP contribution in [-0.2, 0) is 21.2 Å². The van der Waals surface area contributed by atoms with Gasteiger partial charge in [0.25, 0.3) is 0 Å². The number of nitrogens with zero attached hydrogens (tertiary/aromatic N) is 1. The normalized spacial score (nSPS) is 16.9. The SMILES string of the molecule is COc1ccc(CN(C(=O)C(c2ccccc2)c2ccccc2)C2CCS(=O)(=O)C2)cc1OC. The summed E-state index contributed by atoms with van der Waals surface area (Å²) in [6, 6.07) is 24.4. The number of ether oxygens (including phenoxy) is 2. The van der Waals surface area contributed by atoms with Gasteiger partial charge < -0.3 is 14.4 Å². The van der Waals surface area contributed by atoms with Crippen molar-refractivity contribution in [3.63, 3.8) is 0 Å². The molecule has 0 radical (unpaired) electrons. The molecule has 1 heterocycles. The van der Waals surface area contributed by atoms with Crippen molar-refractivity contribution in [1.82, 2.24) is 4.90 Å². The van der Waals surface area contributed by atoms with Crippen LogP contribution in [0.3, 0.4) is 0 Å². The predicted octanol–water partition coefficient (Wildman–Crippen LogP) is 4.05. The van der Waals surface area contributed by atoms with E-state index in [9.17, 15) is 13.2 Å². The molecule has 0 aliphatic carbocycles. The average molecular weight is 480 g/mol. The maximum Gasteiger partial charge on any atom is 0.235 e. The number of methoxy groups -OCH3 is 2. The Morgan fingerprint density at radius 1 is 0.912 bits per heavy atom. The Kier molecular flexibility index (Phi) is 7.22. The lowest BCUT2D eigenvalue weighted by atomic mass is 9.89. The predicted molar refractivity (Wildman–Crippen MR) is 132 cm³/mol. The molecule has 0 saturated carbocycles. The Balaban J connectivity index is 1.75. The van der Waals surface area contributed by atoms with E-state index >= 15 is 0 Å². The molecule has 34 heavy (non-hydrogen) atoms. The number of rotatable bonds is 8. The lowest BCUT2D eigenvalue weighted by molar-refractivity contribution is -0.134. The summed E-state index contributed by atoms with van der Waals surface area (Å²) in [6.45, 7) is 0.273. The molecule has 0 spiro atoms. The van der Waals surface area contributed by atoms with Crippen molar-refractivity contribution >= 4 is 15.7 Å². The minimum Gasteiger partial charge on any atom is -0.493 e. The van der Waals surface area contributed by atoms with Gasteiger partial charge in [0.1, 0.15) is 0 Å². The van der Waals surface area contributed by atoms with Crippen LogP contribution < -0.4 is 9.47 Å². The van der Waals surface area contributed by atoms with Crippen LogP contribution in [0.4, 0.5) is 0 Å². The summed E-state index contributed by atoms with van der Waals surface area (Å²) in [5, 5.41) is 0. The van der Waals surface area contributed by atoms with Crippen molar-refractivity contribution in [2.24, 2.45) is 0 Å². The molecule has 0 bridgehead atoms. The monoisotopic (exact) mass is 479 g/mol. The largest absolute Gasteiger partial charge is 0.493 e. The topological polar surface area (TPSA) is 72.9 Å². The zero-order valence-electron chi connectivity index (χ0n) is 19.4. The Labute approximate surface area is 201 Å². The van der Waals surface area contributed by atoms with E-state index < -0.39 is 15.8 Å². The number of benzene rings is 3. The lowest BCUT2D eigenvalue weighted by Gasteiger charge is -2.32. The summed E-state index contributed by atoms with van der Waals surface area (Å²) in [4.78, 5) is 15.9. The number of carbonyl (C=O) groups is 1. The van der Waals surface area contributed by atoms with E-state index in [0.29, 0.717) is 17.9 Å². The fourth-order valence-electron chi connectivity index (χ4n) is 4.52. The highest BCUT2D eigenvalue weighted by atomic mass is 32.2. The highest BCUT2D eigenvalue weighted by Gasteiger charge is 2.38. The first-order valence-corrected chi connectivity index (χ1v) is 13.1. The number of hydrogen-bond acceptors (Lipinski definition) is 5. The summed E-state index contributed by atoms with van der Waals surface area (Å²) in [7, 11) is -0.0484. The summed E-state index contributed by atoms with van der Waals surface area (Å²) in [6.07, 6.45) is 0.428. The van der Waals surface area contributed by atoms with Crippen molar-refractivity contribution in [3.05, 3.63) is 95.6 Å². The first kappa shape index (κ1) is 23.8. The summed E-state index contributed by atoms with van der Waals surface area (Å²) in [5.41, 5.74) is 2.59. The van der Waals surface area contributed by atoms with E-state index in [1.165, 1.54) is 0 Å². The van der Waals surface area contributed by atoms with Crippen LogP contribution in [0, 0.1) is 0 Å². The molecule has 3 aromatic rings. The minimum absolute atomic E-state index is 0.0255. The van der Waals surface area contributed by atoms with Crippen molar-refractivity contribution in [2.75, 3.05) is 25.7 Å².